The summed E-state index contributed by atoms with van der Waals surface area (Å²) in [4.78, 5) is 15.3. The molecule has 4 rings (SSSR count). The molecule has 0 spiro atoms. The van der Waals surface area contributed by atoms with E-state index >= 15 is 0 Å². The van der Waals surface area contributed by atoms with Crippen LogP contribution < -0.4 is 4.90 Å². The molecule has 28 heavy (non-hydrogen) atoms. The predicted octanol–water partition coefficient (Wildman–Crippen LogP) is 6.44. The van der Waals surface area contributed by atoms with Crippen molar-refractivity contribution in [1.29, 1.82) is 5.41 Å². The van der Waals surface area contributed by atoms with Gasteiger partial charge < -0.3 is 0 Å². The Labute approximate surface area is 184 Å². The fourth-order valence-electron chi connectivity index (χ4n) is 3.34. The summed E-state index contributed by atoms with van der Waals surface area (Å²) in [7, 11) is 0. The van der Waals surface area contributed by atoms with Gasteiger partial charge in [0.05, 0.1) is 0 Å². The van der Waals surface area contributed by atoms with Crippen LogP contribution >= 0.6 is 43.6 Å². The number of halogens is 2. The summed E-state index contributed by atoms with van der Waals surface area (Å²) in [6, 6.07) is 26.9. The Kier molecular flexibility index (Phi) is 5.45. The highest BCUT2D eigenvalue weighted by Gasteiger charge is 2.55. The number of amidine groups is 1. The van der Waals surface area contributed by atoms with Gasteiger partial charge in [-0.3, -0.25) is 15.1 Å². The van der Waals surface area contributed by atoms with E-state index < -0.39 is 9.70 Å². The molecule has 0 amide bonds. The maximum Gasteiger partial charge on any atom is 0.179 e. The molecule has 1 aliphatic rings. The van der Waals surface area contributed by atoms with Gasteiger partial charge in [-0.1, -0.05) is 104 Å². The van der Waals surface area contributed by atoms with Crippen LogP contribution in [0.3, 0.4) is 0 Å². The van der Waals surface area contributed by atoms with Crippen molar-refractivity contribution < 1.29 is 4.79 Å². The van der Waals surface area contributed by atoms with Crippen LogP contribution in [0.4, 0.5) is 5.69 Å². The van der Waals surface area contributed by atoms with Crippen molar-refractivity contribution in [3.8, 4) is 0 Å². The zero-order valence-corrected chi connectivity index (χ0v) is 18.7. The molecule has 1 fully saturated rings. The third-order valence-electron chi connectivity index (χ3n) is 4.67. The molecule has 140 valence electrons. The van der Waals surface area contributed by atoms with Gasteiger partial charge in [-0.2, -0.15) is 0 Å². The van der Waals surface area contributed by atoms with Crippen molar-refractivity contribution >= 4 is 60.3 Å². The second-order valence-electron chi connectivity index (χ2n) is 6.38. The van der Waals surface area contributed by atoms with E-state index in [1.807, 2.05) is 89.8 Å². The summed E-state index contributed by atoms with van der Waals surface area (Å²) in [5.41, 5.74) is 2.43. The van der Waals surface area contributed by atoms with Crippen LogP contribution in [0.1, 0.15) is 15.9 Å². The summed E-state index contributed by atoms with van der Waals surface area (Å²) in [5, 5.41) is 8.51. The van der Waals surface area contributed by atoms with Crippen molar-refractivity contribution in [3.05, 3.63) is 101 Å². The Morgan fingerprint density at radius 3 is 2.11 bits per heavy atom. The van der Waals surface area contributed by atoms with Crippen LogP contribution in [-0.2, 0) is 4.45 Å². The average molecular weight is 516 g/mol. The fourth-order valence-corrected chi connectivity index (χ4v) is 6.07. The lowest BCUT2D eigenvalue weighted by Crippen LogP contribution is -2.46. The minimum atomic E-state index is -0.864. The van der Waals surface area contributed by atoms with Gasteiger partial charge in [0.15, 0.2) is 11.0 Å². The van der Waals surface area contributed by atoms with Crippen molar-refractivity contribution in [2.75, 3.05) is 4.90 Å². The Hall–Kier alpha value is -1.89. The molecular formula is C22H16Br2N2OS. The van der Waals surface area contributed by atoms with Gasteiger partial charge in [0.25, 0.3) is 0 Å². The third kappa shape index (κ3) is 3.34. The largest absolute Gasteiger partial charge is 0.300 e. The number of alkyl halides is 1. The van der Waals surface area contributed by atoms with E-state index in [0.29, 0.717) is 10.7 Å². The van der Waals surface area contributed by atoms with Crippen LogP contribution in [-0.4, -0.2) is 16.2 Å². The molecule has 1 saturated heterocycles. The number of nitrogens with zero attached hydrogens (tertiary/aromatic N) is 1. The van der Waals surface area contributed by atoms with Gasteiger partial charge in [-0.05, 0) is 29.8 Å². The monoisotopic (exact) mass is 514 g/mol. The second-order valence-corrected chi connectivity index (χ2v) is 9.60. The van der Waals surface area contributed by atoms with Crippen molar-refractivity contribution in [2.24, 2.45) is 0 Å². The highest BCUT2D eigenvalue weighted by molar-refractivity contribution is 9.10. The van der Waals surface area contributed by atoms with E-state index in [9.17, 15) is 4.79 Å². The molecule has 0 bridgehead atoms. The van der Waals surface area contributed by atoms with Crippen LogP contribution in [0, 0.1) is 5.41 Å². The second kappa shape index (κ2) is 7.85. The number of thioether (sulfide) groups is 1. The Morgan fingerprint density at radius 1 is 0.929 bits per heavy atom. The number of benzene rings is 3. The van der Waals surface area contributed by atoms with E-state index in [0.717, 1.165) is 15.7 Å². The first kappa shape index (κ1) is 19.4. The van der Waals surface area contributed by atoms with Crippen LogP contribution in [0.2, 0.25) is 0 Å². The Balaban J connectivity index is 1.86. The summed E-state index contributed by atoms with van der Waals surface area (Å²) in [5.74, 6) is -0.00399. The Morgan fingerprint density at radius 2 is 1.50 bits per heavy atom. The molecular weight excluding hydrogens is 500 g/mol. The zero-order valence-electron chi connectivity index (χ0n) is 14.7. The van der Waals surface area contributed by atoms with Gasteiger partial charge in [0.2, 0.25) is 0 Å². The number of Topliss-reactive ketones (excluding diaryl/α,β-unsaturated/α-hetero) is 1. The maximum absolute atomic E-state index is 13.4. The normalized spacial score (nSPS) is 21.7. The molecule has 1 aliphatic heterocycles. The van der Waals surface area contributed by atoms with E-state index in [2.05, 4.69) is 31.9 Å². The summed E-state index contributed by atoms with van der Waals surface area (Å²) >= 11 is 8.66. The number of ketones is 1. The number of nitrogens with one attached hydrogen (secondary N) is 1. The molecule has 1 heterocycles. The molecule has 0 unspecified atom stereocenters. The molecule has 3 aromatic rings. The summed E-state index contributed by atoms with van der Waals surface area (Å²) in [6.07, 6.45) is 0. The number of carbonyl (C=O) groups excluding carboxylic acids is 1. The Bertz CT molecular complexity index is 1010. The van der Waals surface area contributed by atoms with Crippen LogP contribution in [0.25, 0.3) is 0 Å². The van der Waals surface area contributed by atoms with E-state index in [1.54, 1.807) is 0 Å². The highest BCUT2D eigenvalue weighted by Crippen LogP contribution is 2.53. The minimum Gasteiger partial charge on any atom is -0.300 e. The average Bonchev–Trinajstić information content (AvgIpc) is 3.01. The number of hydrogen-bond acceptors (Lipinski definition) is 3. The van der Waals surface area contributed by atoms with Gasteiger partial charge in [-0.15, -0.1) is 0 Å². The van der Waals surface area contributed by atoms with Crippen LogP contribution in [0.15, 0.2) is 89.4 Å². The van der Waals surface area contributed by atoms with Gasteiger partial charge >= 0.3 is 0 Å². The first-order valence-corrected chi connectivity index (χ1v) is 11.1. The lowest BCUT2D eigenvalue weighted by molar-refractivity contribution is 0.0979. The first-order chi connectivity index (χ1) is 13.5. The summed E-state index contributed by atoms with van der Waals surface area (Å²) < 4.78 is 0.1000. The fraction of sp³-hybridized carbons (Fsp3) is 0.0909. The summed E-state index contributed by atoms with van der Waals surface area (Å²) in [6.45, 7) is 0. The molecule has 0 aromatic heterocycles. The number of hydrogen-bond donors (Lipinski definition) is 1. The third-order valence-corrected chi connectivity index (χ3v) is 7.96. The first-order valence-electron chi connectivity index (χ1n) is 8.66. The standard InChI is InChI=1S/C22H16Br2N2OS/c23-17-11-13-18(14-12-17)26-21(25)28-20(19(27)15-7-3-1-4-8-15)22(26,24)16-9-5-2-6-10-16/h1-14,20,25H/t20-,22-/m0/s1. The molecule has 0 radical (unpaired) electrons. The lowest BCUT2D eigenvalue weighted by atomic mass is 9.95. The topological polar surface area (TPSA) is 44.2 Å². The molecule has 1 N–H and O–H groups in total. The SMILES string of the molecule is N=C1S[C@@H](C(=O)c2ccccc2)[C@](Br)(c2ccccc2)N1c1ccc(Br)cc1. The predicted molar refractivity (Wildman–Crippen MR) is 124 cm³/mol. The highest BCUT2D eigenvalue weighted by atomic mass is 79.9. The molecule has 2 atom stereocenters. The quantitative estimate of drug-likeness (QED) is 0.247. The van der Waals surface area contributed by atoms with Crippen molar-refractivity contribution in [1.82, 2.24) is 0 Å². The zero-order chi connectivity index (χ0) is 19.7. The lowest BCUT2D eigenvalue weighted by Gasteiger charge is -2.37. The molecule has 6 heteroatoms. The van der Waals surface area contributed by atoms with Crippen LogP contribution in [0.5, 0.6) is 0 Å². The smallest absolute Gasteiger partial charge is 0.179 e. The van der Waals surface area contributed by atoms with Gasteiger partial charge in [0.1, 0.15) is 9.70 Å². The van der Waals surface area contributed by atoms with Crippen molar-refractivity contribution in [3.63, 3.8) is 0 Å². The molecule has 0 aliphatic carbocycles. The van der Waals surface area contributed by atoms with E-state index in [-0.39, 0.29) is 5.78 Å². The number of carbonyl (C=O) groups is 1. The maximum atomic E-state index is 13.4. The molecule has 0 saturated carbocycles. The number of rotatable bonds is 4. The van der Waals surface area contributed by atoms with E-state index in [4.69, 9.17) is 5.41 Å². The van der Waals surface area contributed by atoms with Gasteiger partial charge in [0, 0.05) is 15.7 Å². The van der Waals surface area contributed by atoms with E-state index in [1.165, 1.54) is 11.8 Å². The number of anilines is 1. The molecule has 3 aromatic carbocycles. The minimum absolute atomic E-state index is 0.00399. The van der Waals surface area contributed by atoms with Gasteiger partial charge in [-0.25, -0.2) is 0 Å². The van der Waals surface area contributed by atoms with Crippen molar-refractivity contribution in [2.45, 2.75) is 9.70 Å². The molecule has 3 nitrogen and oxygen atoms in total.